The third-order valence-electron chi connectivity index (χ3n) is 3.48. The average Bonchev–Trinajstić information content (AvgIpc) is 2.63. The Morgan fingerprint density at radius 2 is 1.11 bits per heavy atom. The van der Waals surface area contributed by atoms with E-state index in [1.54, 1.807) is 18.2 Å². The summed E-state index contributed by atoms with van der Waals surface area (Å²) >= 11 is 6.17. The number of nitrogens with two attached hydrogens (primary N) is 4. The predicted octanol–water partition coefficient (Wildman–Crippen LogP) is 1.57. The molecule has 2 aromatic carbocycles. The third-order valence-corrected chi connectivity index (χ3v) is 6.97. The summed E-state index contributed by atoms with van der Waals surface area (Å²) in [6.07, 6.45) is -1.85. The van der Waals surface area contributed by atoms with E-state index in [9.17, 15) is 10.2 Å². The molecule has 2 unspecified atom stereocenters. The minimum absolute atomic E-state index is 0.330. The largest absolute Gasteiger partial charge is 0.399 e. The maximum Gasteiger partial charge on any atom is 0.104 e. The zero-order valence-corrected chi connectivity index (χ0v) is 20.5. The molecule has 27 heavy (non-hydrogen) atoms. The molecule has 12 N–H and O–H groups in total. The van der Waals surface area contributed by atoms with Crippen LogP contribution in [0.25, 0.3) is 0 Å². The highest BCUT2D eigenvalue weighted by Crippen LogP contribution is 2.37. The van der Waals surface area contributed by atoms with Gasteiger partial charge in [0.25, 0.3) is 0 Å². The Bertz CT molecular complexity index is 758. The van der Waals surface area contributed by atoms with Gasteiger partial charge in [-0.1, -0.05) is 0 Å². The number of nitrogen functional groups attached to an aromatic ring is 4. The maximum absolute atomic E-state index is 9.66. The maximum atomic E-state index is 9.66. The van der Waals surface area contributed by atoms with Crippen molar-refractivity contribution in [2.45, 2.75) is 12.2 Å². The minimum atomic E-state index is -0.939. The molecular weight excluding hydrogens is 693 g/mol. The van der Waals surface area contributed by atoms with Crippen molar-refractivity contribution in [1.82, 2.24) is 0 Å². The molecule has 0 amide bonds. The molecule has 0 saturated carbocycles. The van der Waals surface area contributed by atoms with Crippen molar-refractivity contribution in [2.24, 2.45) is 0 Å². The molecule has 2 aromatic rings. The average molecular weight is 714 g/mol. The Balaban J connectivity index is 0.000000277. The van der Waals surface area contributed by atoms with E-state index in [0.29, 0.717) is 33.9 Å². The van der Waals surface area contributed by atoms with Crippen molar-refractivity contribution in [2.75, 3.05) is 36.1 Å². The monoisotopic (exact) mass is 714 g/mol. The second-order valence-electron chi connectivity index (χ2n) is 5.51. The molecule has 2 rings (SSSR count). The molecule has 0 aliphatic rings. The van der Waals surface area contributed by atoms with Gasteiger partial charge in [-0.05, 0) is 91.5 Å². The van der Waals surface area contributed by atoms with E-state index in [-0.39, 0.29) is 13.2 Å². The molecule has 8 nitrogen and oxygen atoms in total. The van der Waals surface area contributed by atoms with Crippen molar-refractivity contribution in [3.63, 3.8) is 0 Å². The lowest BCUT2D eigenvalue weighted by atomic mass is 10.1. The van der Waals surface area contributed by atoms with E-state index >= 15 is 0 Å². The number of rotatable bonds is 4. The molecule has 0 fully saturated rings. The quantitative estimate of drug-likeness (QED) is 0.173. The molecule has 0 aliphatic heterocycles. The molecule has 0 heterocycles. The van der Waals surface area contributed by atoms with E-state index in [1.807, 2.05) is 0 Å². The van der Waals surface area contributed by atoms with Gasteiger partial charge in [-0.2, -0.15) is 0 Å². The second kappa shape index (κ2) is 11.0. The van der Waals surface area contributed by atoms with Gasteiger partial charge in [0.05, 0.1) is 28.2 Å². The highest BCUT2D eigenvalue weighted by molar-refractivity contribution is 14.1. The van der Waals surface area contributed by atoms with Gasteiger partial charge in [-0.3, -0.25) is 0 Å². The van der Waals surface area contributed by atoms with Crippen molar-refractivity contribution in [1.29, 1.82) is 0 Å². The lowest BCUT2D eigenvalue weighted by Gasteiger charge is -2.17. The predicted molar refractivity (Wildman–Crippen MR) is 133 cm³/mol. The molecule has 11 heteroatoms. The first-order valence-electron chi connectivity index (χ1n) is 7.50. The first-order valence-corrected chi connectivity index (χ1v) is 10.7. The Morgan fingerprint density at radius 1 is 0.704 bits per heavy atom. The summed E-state index contributed by atoms with van der Waals surface area (Å²) in [6, 6.07) is 4.75. The number of halogens is 3. The lowest BCUT2D eigenvalue weighted by molar-refractivity contribution is 0.0945. The van der Waals surface area contributed by atoms with Crippen LogP contribution in [0.15, 0.2) is 18.2 Å². The molecular formula is C16H21I3N4O4. The Kier molecular flexibility index (Phi) is 10.1. The fraction of sp³-hybridized carbons (Fsp3) is 0.250. The van der Waals surface area contributed by atoms with E-state index < -0.39 is 12.2 Å². The summed E-state index contributed by atoms with van der Waals surface area (Å²) in [5.74, 6) is 0. The van der Waals surface area contributed by atoms with Gasteiger partial charge in [0.15, 0.2) is 0 Å². The third kappa shape index (κ3) is 6.33. The lowest BCUT2D eigenvalue weighted by Crippen LogP contribution is -2.12. The van der Waals surface area contributed by atoms with Crippen molar-refractivity contribution in [3.05, 3.63) is 40.0 Å². The highest BCUT2D eigenvalue weighted by atomic mass is 127. The van der Waals surface area contributed by atoms with Gasteiger partial charge >= 0.3 is 0 Å². The molecule has 0 radical (unpaired) electrons. The summed E-state index contributed by atoms with van der Waals surface area (Å²) in [5.41, 5.74) is 25.9. The molecule has 150 valence electrons. The van der Waals surface area contributed by atoms with E-state index in [4.69, 9.17) is 33.1 Å². The molecule has 0 spiro atoms. The van der Waals surface area contributed by atoms with Crippen LogP contribution in [0.5, 0.6) is 0 Å². The molecule has 0 aliphatic carbocycles. The van der Waals surface area contributed by atoms with Crippen LogP contribution in [0.2, 0.25) is 0 Å². The van der Waals surface area contributed by atoms with Gasteiger partial charge in [-0.25, -0.2) is 0 Å². The fourth-order valence-electron chi connectivity index (χ4n) is 2.11. The van der Waals surface area contributed by atoms with Crippen molar-refractivity contribution >= 4 is 90.5 Å². The second-order valence-corrected chi connectivity index (χ2v) is 8.75. The van der Waals surface area contributed by atoms with Crippen LogP contribution in [0.4, 0.5) is 22.7 Å². The van der Waals surface area contributed by atoms with Gasteiger partial charge in [-0.15, -0.1) is 0 Å². The van der Waals surface area contributed by atoms with E-state index in [2.05, 4.69) is 67.8 Å². The Labute approximate surface area is 197 Å². The molecule has 0 bridgehead atoms. The summed E-state index contributed by atoms with van der Waals surface area (Å²) in [6.45, 7) is -0.672. The number of anilines is 4. The standard InChI is InChI=1S/C8H9I3N2O2.C8H12N2O2/c9-4-3(2(15)1-14)5(10)8(13)6(11)7(4)12;9-6-1-5(8(12)4-11)2-7(10)3-6/h2,14-15H,1,12-13H2;1-3,8,11-12H,4,9-10H2. The number of hydrogen-bond donors (Lipinski definition) is 8. The Hall–Kier alpha value is -0.330. The van der Waals surface area contributed by atoms with Gasteiger partial charge < -0.3 is 43.4 Å². The van der Waals surface area contributed by atoms with Gasteiger partial charge in [0, 0.05) is 24.1 Å². The normalized spacial score (nSPS) is 12.9. The Morgan fingerprint density at radius 3 is 1.48 bits per heavy atom. The zero-order chi connectivity index (χ0) is 20.9. The van der Waals surface area contributed by atoms with Crippen LogP contribution < -0.4 is 22.9 Å². The number of hydrogen-bond acceptors (Lipinski definition) is 8. The van der Waals surface area contributed by atoms with Gasteiger partial charge in [0.2, 0.25) is 0 Å². The van der Waals surface area contributed by atoms with Crippen LogP contribution in [-0.4, -0.2) is 33.6 Å². The smallest absolute Gasteiger partial charge is 0.104 e. The van der Waals surface area contributed by atoms with Crippen LogP contribution in [0.3, 0.4) is 0 Å². The van der Waals surface area contributed by atoms with Crippen LogP contribution in [0.1, 0.15) is 23.3 Å². The fourth-order valence-corrected chi connectivity index (χ4v) is 5.99. The molecule has 2 atom stereocenters. The van der Waals surface area contributed by atoms with Crippen LogP contribution in [-0.2, 0) is 0 Å². The first kappa shape index (κ1) is 24.7. The van der Waals surface area contributed by atoms with Crippen molar-refractivity contribution < 1.29 is 20.4 Å². The number of aliphatic hydroxyl groups excluding tert-OH is 4. The van der Waals surface area contributed by atoms with Crippen molar-refractivity contribution in [3.8, 4) is 0 Å². The zero-order valence-electron chi connectivity index (χ0n) is 14.0. The highest BCUT2D eigenvalue weighted by Gasteiger charge is 2.21. The van der Waals surface area contributed by atoms with Crippen LogP contribution >= 0.6 is 67.8 Å². The topological polar surface area (TPSA) is 185 Å². The molecule has 0 saturated heterocycles. The number of aliphatic hydroxyl groups is 4. The van der Waals surface area contributed by atoms with E-state index in [1.165, 1.54) is 0 Å². The summed E-state index contributed by atoms with van der Waals surface area (Å²) in [7, 11) is 0. The first-order chi connectivity index (χ1) is 12.5. The summed E-state index contributed by atoms with van der Waals surface area (Å²) in [4.78, 5) is 0. The SMILES string of the molecule is Nc1c(I)c(N)c(I)c(C(O)CO)c1I.Nc1cc(N)cc(C(O)CO)c1. The van der Waals surface area contributed by atoms with Crippen LogP contribution in [0, 0.1) is 10.7 Å². The minimum Gasteiger partial charge on any atom is -0.399 e. The van der Waals surface area contributed by atoms with E-state index in [0.717, 1.165) is 10.7 Å². The summed E-state index contributed by atoms with van der Waals surface area (Å²) in [5, 5.41) is 36.5. The molecule has 0 aromatic heterocycles. The van der Waals surface area contributed by atoms with Gasteiger partial charge in [0.1, 0.15) is 12.2 Å². The number of benzene rings is 2. The summed E-state index contributed by atoms with van der Waals surface area (Å²) < 4.78 is 2.28.